The van der Waals surface area contributed by atoms with Crippen LogP contribution in [-0.4, -0.2) is 38.5 Å². The molecule has 0 bridgehead atoms. The Bertz CT molecular complexity index is 519. The highest BCUT2D eigenvalue weighted by molar-refractivity contribution is 14.0. The molecule has 1 aromatic carbocycles. The molecule has 0 aromatic heterocycles. The molecule has 5 nitrogen and oxygen atoms in total. The fourth-order valence-corrected chi connectivity index (χ4v) is 2.21. The van der Waals surface area contributed by atoms with Crippen LogP contribution >= 0.6 is 24.0 Å². The number of rotatable bonds is 8. The number of halogens is 1. The van der Waals surface area contributed by atoms with Gasteiger partial charge >= 0.3 is 0 Å². The molecule has 24 heavy (non-hydrogen) atoms. The predicted molar refractivity (Wildman–Crippen MR) is 112 cm³/mol. The maximum Gasteiger partial charge on any atom is 0.221 e. The van der Waals surface area contributed by atoms with Crippen LogP contribution in [0.3, 0.4) is 0 Å². The molecule has 0 aliphatic heterocycles. The van der Waals surface area contributed by atoms with Crippen molar-refractivity contribution in [3.63, 3.8) is 0 Å². The molecule has 1 amide bonds. The molecular formula is C18H31IN4O. The van der Waals surface area contributed by atoms with Crippen LogP contribution in [0.15, 0.2) is 29.3 Å². The molecule has 1 unspecified atom stereocenters. The molecule has 1 rings (SSSR count). The van der Waals surface area contributed by atoms with Gasteiger partial charge in [0.25, 0.3) is 0 Å². The Labute approximate surface area is 163 Å². The van der Waals surface area contributed by atoms with Gasteiger partial charge in [0.15, 0.2) is 5.96 Å². The van der Waals surface area contributed by atoms with E-state index in [9.17, 15) is 4.79 Å². The fraction of sp³-hybridized carbons (Fsp3) is 0.556. The quantitative estimate of drug-likeness (QED) is 0.327. The van der Waals surface area contributed by atoms with Crippen LogP contribution < -0.4 is 16.0 Å². The highest BCUT2D eigenvalue weighted by Gasteiger charge is 2.07. The number of carbonyl (C=O) groups is 1. The van der Waals surface area contributed by atoms with Crippen molar-refractivity contribution in [3.05, 3.63) is 35.4 Å². The number of nitrogens with one attached hydrogen (secondary N) is 3. The van der Waals surface area contributed by atoms with Gasteiger partial charge < -0.3 is 16.0 Å². The number of carbonyl (C=O) groups excluding carboxylic acids is 1. The van der Waals surface area contributed by atoms with Crippen molar-refractivity contribution in [3.8, 4) is 0 Å². The van der Waals surface area contributed by atoms with Gasteiger partial charge in [-0.25, -0.2) is 0 Å². The van der Waals surface area contributed by atoms with E-state index in [2.05, 4.69) is 59.1 Å². The molecule has 0 aliphatic carbocycles. The number of aryl methyl sites for hydroxylation is 1. The minimum atomic E-state index is 0. The molecule has 0 heterocycles. The smallest absolute Gasteiger partial charge is 0.221 e. The number of guanidine groups is 1. The average molecular weight is 446 g/mol. The van der Waals surface area contributed by atoms with E-state index in [1.807, 2.05) is 6.92 Å². The van der Waals surface area contributed by atoms with Crippen LogP contribution in [0.1, 0.15) is 43.7 Å². The topological polar surface area (TPSA) is 65.5 Å². The van der Waals surface area contributed by atoms with Crippen LogP contribution in [-0.2, 0) is 4.79 Å². The lowest BCUT2D eigenvalue weighted by Crippen LogP contribution is -2.40. The second kappa shape index (κ2) is 13.0. The SMILES string of the molecule is CCCNC(=O)CCNC(=NC)NCC(C)c1cccc(C)c1.I. The minimum Gasteiger partial charge on any atom is -0.356 e. The van der Waals surface area contributed by atoms with Crippen LogP contribution in [0.4, 0.5) is 0 Å². The van der Waals surface area contributed by atoms with Gasteiger partial charge in [0.1, 0.15) is 0 Å². The van der Waals surface area contributed by atoms with Gasteiger partial charge in [0.05, 0.1) is 0 Å². The summed E-state index contributed by atoms with van der Waals surface area (Å²) < 4.78 is 0. The summed E-state index contributed by atoms with van der Waals surface area (Å²) in [7, 11) is 1.74. The average Bonchev–Trinajstić information content (AvgIpc) is 2.55. The van der Waals surface area contributed by atoms with E-state index in [4.69, 9.17) is 0 Å². The van der Waals surface area contributed by atoms with E-state index >= 15 is 0 Å². The number of nitrogens with zero attached hydrogens (tertiary/aromatic N) is 1. The normalized spacial score (nSPS) is 12.1. The Morgan fingerprint density at radius 3 is 2.58 bits per heavy atom. The summed E-state index contributed by atoms with van der Waals surface area (Å²) >= 11 is 0. The standard InChI is InChI=1S/C18H30N4O.HI/c1-5-10-20-17(23)9-11-21-18(19-4)22-13-15(3)16-8-6-7-14(2)12-16;/h6-8,12,15H,5,9-11,13H2,1-4H3,(H,20,23)(H2,19,21,22);1H. The van der Waals surface area contributed by atoms with Crippen molar-refractivity contribution in [2.24, 2.45) is 4.99 Å². The monoisotopic (exact) mass is 446 g/mol. The summed E-state index contributed by atoms with van der Waals surface area (Å²) in [5.74, 6) is 1.19. The third kappa shape index (κ3) is 9.10. The zero-order chi connectivity index (χ0) is 17.1. The van der Waals surface area contributed by atoms with E-state index in [0.29, 0.717) is 18.9 Å². The lowest BCUT2D eigenvalue weighted by Gasteiger charge is -2.16. The highest BCUT2D eigenvalue weighted by atomic mass is 127. The lowest BCUT2D eigenvalue weighted by molar-refractivity contribution is -0.120. The number of hydrogen-bond acceptors (Lipinski definition) is 2. The first-order chi connectivity index (χ1) is 11.1. The number of benzene rings is 1. The molecule has 3 N–H and O–H groups in total. The Morgan fingerprint density at radius 1 is 1.21 bits per heavy atom. The molecule has 0 aliphatic rings. The van der Waals surface area contributed by atoms with E-state index in [1.54, 1.807) is 7.05 Å². The van der Waals surface area contributed by atoms with Crippen molar-refractivity contribution in [1.82, 2.24) is 16.0 Å². The third-order valence-electron chi connectivity index (χ3n) is 3.63. The zero-order valence-corrected chi connectivity index (χ0v) is 17.5. The van der Waals surface area contributed by atoms with Crippen molar-refractivity contribution in [2.75, 3.05) is 26.7 Å². The Morgan fingerprint density at radius 2 is 1.96 bits per heavy atom. The van der Waals surface area contributed by atoms with E-state index in [-0.39, 0.29) is 29.9 Å². The number of aliphatic imine (C=N–C) groups is 1. The van der Waals surface area contributed by atoms with Crippen LogP contribution in [0.2, 0.25) is 0 Å². The fourth-order valence-electron chi connectivity index (χ4n) is 2.21. The first kappa shape index (κ1) is 22.7. The van der Waals surface area contributed by atoms with Crippen LogP contribution in [0, 0.1) is 6.92 Å². The number of amides is 1. The van der Waals surface area contributed by atoms with E-state index in [0.717, 1.165) is 25.5 Å². The molecular weight excluding hydrogens is 415 g/mol. The van der Waals surface area contributed by atoms with Crippen LogP contribution in [0.5, 0.6) is 0 Å². The van der Waals surface area contributed by atoms with E-state index < -0.39 is 0 Å². The maximum atomic E-state index is 11.5. The molecule has 1 atom stereocenters. The minimum absolute atomic E-state index is 0. The second-order valence-corrected chi connectivity index (χ2v) is 5.80. The summed E-state index contributed by atoms with van der Waals surface area (Å²) in [6.45, 7) is 8.44. The summed E-state index contributed by atoms with van der Waals surface area (Å²) in [6.07, 6.45) is 1.41. The predicted octanol–water partition coefficient (Wildman–Crippen LogP) is 2.80. The first-order valence-electron chi connectivity index (χ1n) is 8.34. The highest BCUT2D eigenvalue weighted by Crippen LogP contribution is 2.15. The van der Waals surface area contributed by atoms with Gasteiger partial charge in [0.2, 0.25) is 5.91 Å². The van der Waals surface area contributed by atoms with Crippen molar-refractivity contribution in [1.29, 1.82) is 0 Å². The maximum absolute atomic E-state index is 11.5. The summed E-state index contributed by atoms with van der Waals surface area (Å²) in [5, 5.41) is 9.35. The Balaban J connectivity index is 0.00000529. The van der Waals surface area contributed by atoms with Crippen molar-refractivity contribution < 1.29 is 4.79 Å². The van der Waals surface area contributed by atoms with E-state index in [1.165, 1.54) is 11.1 Å². The van der Waals surface area contributed by atoms with Gasteiger partial charge in [-0.1, -0.05) is 43.7 Å². The molecule has 1 aromatic rings. The Hall–Kier alpha value is -1.31. The van der Waals surface area contributed by atoms with Gasteiger partial charge in [0, 0.05) is 33.1 Å². The molecule has 6 heteroatoms. The Kier molecular flexibility index (Phi) is 12.3. The summed E-state index contributed by atoms with van der Waals surface area (Å²) in [6, 6.07) is 8.55. The van der Waals surface area contributed by atoms with Gasteiger partial charge in [-0.3, -0.25) is 9.79 Å². The summed E-state index contributed by atoms with van der Waals surface area (Å²) in [5.41, 5.74) is 2.59. The number of hydrogen-bond donors (Lipinski definition) is 3. The molecule has 136 valence electrons. The lowest BCUT2D eigenvalue weighted by atomic mass is 9.99. The zero-order valence-electron chi connectivity index (χ0n) is 15.2. The van der Waals surface area contributed by atoms with Crippen LogP contribution in [0.25, 0.3) is 0 Å². The molecule has 0 saturated carbocycles. The molecule has 0 fully saturated rings. The summed E-state index contributed by atoms with van der Waals surface area (Å²) in [4.78, 5) is 15.7. The first-order valence-corrected chi connectivity index (χ1v) is 8.34. The molecule has 0 saturated heterocycles. The van der Waals surface area contributed by atoms with Gasteiger partial charge in [-0.15, -0.1) is 24.0 Å². The largest absolute Gasteiger partial charge is 0.356 e. The van der Waals surface area contributed by atoms with Crippen molar-refractivity contribution in [2.45, 2.75) is 39.5 Å². The second-order valence-electron chi connectivity index (χ2n) is 5.80. The van der Waals surface area contributed by atoms with Crippen molar-refractivity contribution >= 4 is 35.8 Å². The third-order valence-corrected chi connectivity index (χ3v) is 3.63. The molecule has 0 radical (unpaired) electrons. The van der Waals surface area contributed by atoms with Gasteiger partial charge in [-0.2, -0.15) is 0 Å². The molecule has 0 spiro atoms. The van der Waals surface area contributed by atoms with Gasteiger partial charge in [-0.05, 0) is 24.8 Å².